The highest BCUT2D eigenvalue weighted by Gasteiger charge is 2.28. The number of nitrogens with zero attached hydrogens (tertiary/aromatic N) is 1. The van der Waals surface area contributed by atoms with E-state index in [4.69, 9.17) is 0 Å². The molecule has 0 amide bonds. The molecule has 4 heteroatoms. The highest BCUT2D eigenvalue weighted by molar-refractivity contribution is 8.06. The van der Waals surface area contributed by atoms with E-state index in [1.165, 1.54) is 11.0 Å². The summed E-state index contributed by atoms with van der Waals surface area (Å²) in [4.78, 5) is 3.30. The van der Waals surface area contributed by atoms with E-state index in [1.54, 1.807) is 11.8 Å². The van der Waals surface area contributed by atoms with Crippen molar-refractivity contribution in [3.63, 3.8) is 0 Å². The average molecular weight is 282 g/mol. The van der Waals surface area contributed by atoms with Crippen LogP contribution in [0, 0.1) is 6.08 Å². The van der Waals surface area contributed by atoms with Crippen molar-refractivity contribution in [2.75, 3.05) is 6.54 Å². The summed E-state index contributed by atoms with van der Waals surface area (Å²) >= 11 is 1.55. The molecule has 1 atom stereocenters. The van der Waals surface area contributed by atoms with Crippen LogP contribution in [0.1, 0.15) is 33.6 Å². The van der Waals surface area contributed by atoms with Crippen molar-refractivity contribution in [3.05, 3.63) is 45.3 Å². The summed E-state index contributed by atoms with van der Waals surface area (Å²) in [5.41, 5.74) is 1.60. The summed E-state index contributed by atoms with van der Waals surface area (Å²) in [7, 11) is 0. The minimum Gasteiger partial charge on any atom is -0.339 e. The Morgan fingerprint density at radius 3 is 2.79 bits per heavy atom. The zero-order valence-corrected chi connectivity index (χ0v) is 12.3. The Labute approximate surface area is 117 Å². The first-order valence-electron chi connectivity index (χ1n) is 6.52. The molecule has 0 spiro atoms. The second-order valence-electron chi connectivity index (χ2n) is 4.71. The molecule has 2 aliphatic rings. The summed E-state index contributed by atoms with van der Waals surface area (Å²) in [5, 5.41) is 0.857. The summed E-state index contributed by atoms with van der Waals surface area (Å²) in [6.07, 6.45) is 5.69. The number of allylic oxidation sites excluding steroid dienone is 7. The molecular formula is C15H18F2NS. The van der Waals surface area contributed by atoms with Gasteiger partial charge in [-0.3, -0.25) is 0 Å². The molecule has 0 fully saturated rings. The van der Waals surface area contributed by atoms with Crippen LogP contribution in [0.15, 0.2) is 39.2 Å². The lowest BCUT2D eigenvalue weighted by atomic mass is 10.1. The van der Waals surface area contributed by atoms with Crippen molar-refractivity contribution >= 4 is 11.8 Å². The number of halogens is 2. The summed E-state index contributed by atoms with van der Waals surface area (Å²) in [6.45, 7) is 7.07. The Kier molecular flexibility index (Phi) is 4.50. The van der Waals surface area contributed by atoms with E-state index in [9.17, 15) is 8.78 Å². The molecule has 1 aliphatic heterocycles. The van der Waals surface area contributed by atoms with Gasteiger partial charge < -0.3 is 4.90 Å². The lowest BCUT2D eigenvalue weighted by Crippen LogP contribution is -2.21. The van der Waals surface area contributed by atoms with Gasteiger partial charge in [0.25, 0.3) is 0 Å². The molecule has 0 saturated carbocycles. The number of hydrogen-bond donors (Lipinski definition) is 0. The molecule has 0 aromatic carbocycles. The van der Waals surface area contributed by atoms with Crippen LogP contribution in [0.5, 0.6) is 0 Å². The van der Waals surface area contributed by atoms with Crippen LogP contribution < -0.4 is 0 Å². The van der Waals surface area contributed by atoms with Crippen molar-refractivity contribution in [1.82, 2.24) is 4.90 Å². The quantitative estimate of drug-likeness (QED) is 0.727. The predicted octanol–water partition coefficient (Wildman–Crippen LogP) is 4.86. The molecule has 0 N–H and O–H groups in total. The van der Waals surface area contributed by atoms with Gasteiger partial charge in [0.2, 0.25) is 0 Å². The third kappa shape index (κ3) is 2.94. The molecule has 1 heterocycles. The fourth-order valence-corrected chi connectivity index (χ4v) is 3.25. The zero-order valence-electron chi connectivity index (χ0n) is 11.5. The van der Waals surface area contributed by atoms with Crippen molar-refractivity contribution < 1.29 is 8.78 Å². The van der Waals surface area contributed by atoms with Gasteiger partial charge in [-0.25, -0.2) is 8.78 Å². The zero-order chi connectivity index (χ0) is 14.0. The highest BCUT2D eigenvalue weighted by Crippen LogP contribution is 2.44. The predicted molar refractivity (Wildman–Crippen MR) is 76.5 cm³/mol. The minimum absolute atomic E-state index is 0.443. The van der Waals surface area contributed by atoms with E-state index in [1.807, 2.05) is 13.8 Å². The molecule has 1 radical (unpaired) electrons. The van der Waals surface area contributed by atoms with E-state index < -0.39 is 12.0 Å². The third-order valence-corrected chi connectivity index (χ3v) is 4.56. The Morgan fingerprint density at radius 2 is 2.16 bits per heavy atom. The third-order valence-electron chi connectivity index (χ3n) is 3.32. The van der Waals surface area contributed by atoms with Gasteiger partial charge in [-0.15, -0.1) is 0 Å². The number of hydrogen-bond acceptors (Lipinski definition) is 2. The normalized spacial score (nSPS) is 27.3. The fraction of sp³-hybridized carbons (Fsp3) is 0.467. The van der Waals surface area contributed by atoms with Crippen LogP contribution in [0.3, 0.4) is 0 Å². The summed E-state index contributed by atoms with van der Waals surface area (Å²) in [6, 6.07) is 0. The first kappa shape index (κ1) is 14.4. The molecule has 1 aliphatic carbocycles. The van der Waals surface area contributed by atoms with Crippen LogP contribution in [-0.4, -0.2) is 17.6 Å². The first-order chi connectivity index (χ1) is 9.04. The Bertz CT molecular complexity index is 488. The molecule has 2 rings (SSSR count). The number of thioether (sulfide) groups is 1. The van der Waals surface area contributed by atoms with Gasteiger partial charge in [0.1, 0.15) is 12.0 Å². The molecule has 0 saturated heterocycles. The van der Waals surface area contributed by atoms with Gasteiger partial charge in [0, 0.05) is 22.7 Å². The van der Waals surface area contributed by atoms with Gasteiger partial charge in [0.05, 0.1) is 5.03 Å². The van der Waals surface area contributed by atoms with Gasteiger partial charge in [0.15, 0.2) is 0 Å². The lowest BCUT2D eigenvalue weighted by Gasteiger charge is -2.24. The summed E-state index contributed by atoms with van der Waals surface area (Å²) < 4.78 is 27.0. The van der Waals surface area contributed by atoms with Gasteiger partial charge >= 0.3 is 0 Å². The van der Waals surface area contributed by atoms with Crippen LogP contribution in [-0.2, 0) is 0 Å². The number of alkyl halides is 1. The monoisotopic (exact) mass is 282 g/mol. The van der Waals surface area contributed by atoms with Gasteiger partial charge in [-0.2, -0.15) is 0 Å². The maximum Gasteiger partial charge on any atom is 0.150 e. The maximum absolute atomic E-state index is 14.0. The Morgan fingerprint density at radius 1 is 1.42 bits per heavy atom. The minimum atomic E-state index is -1.41. The van der Waals surface area contributed by atoms with Crippen LogP contribution >= 0.6 is 11.8 Å². The molecule has 19 heavy (non-hydrogen) atoms. The maximum atomic E-state index is 14.0. The average Bonchev–Trinajstić information content (AvgIpc) is 2.63. The Hall–Kier alpha value is -1.03. The molecule has 1 unspecified atom stereocenters. The summed E-state index contributed by atoms with van der Waals surface area (Å²) in [5.74, 6) is -0.554. The van der Waals surface area contributed by atoms with E-state index in [0.29, 0.717) is 5.57 Å². The number of rotatable bonds is 3. The molecular weight excluding hydrogens is 264 g/mol. The van der Waals surface area contributed by atoms with E-state index in [-0.39, 0.29) is 0 Å². The van der Waals surface area contributed by atoms with E-state index >= 15 is 0 Å². The molecule has 0 aromatic heterocycles. The Balaban J connectivity index is 2.31. The molecule has 1 nitrogen and oxygen atoms in total. The van der Waals surface area contributed by atoms with Crippen LogP contribution in [0.4, 0.5) is 8.78 Å². The van der Waals surface area contributed by atoms with Crippen molar-refractivity contribution in [3.8, 4) is 0 Å². The van der Waals surface area contributed by atoms with E-state index in [0.717, 1.165) is 36.2 Å². The van der Waals surface area contributed by atoms with Crippen LogP contribution in [0.2, 0.25) is 0 Å². The smallest absolute Gasteiger partial charge is 0.150 e. The SMILES string of the molecule is CCCCN1C(C)=C(C)S/C1=C1/[C]=CC(F)=CC1F. The molecule has 103 valence electrons. The van der Waals surface area contributed by atoms with Crippen molar-refractivity contribution in [2.24, 2.45) is 0 Å². The largest absolute Gasteiger partial charge is 0.339 e. The topological polar surface area (TPSA) is 3.24 Å². The molecule has 0 aromatic rings. The first-order valence-corrected chi connectivity index (χ1v) is 7.34. The molecule has 0 bridgehead atoms. The lowest BCUT2D eigenvalue weighted by molar-refractivity contribution is 0.409. The van der Waals surface area contributed by atoms with Gasteiger partial charge in [-0.05, 0) is 38.5 Å². The number of unbranched alkanes of at least 4 members (excludes halogenated alkanes) is 1. The highest BCUT2D eigenvalue weighted by atomic mass is 32.2. The second kappa shape index (κ2) is 5.95. The van der Waals surface area contributed by atoms with Crippen molar-refractivity contribution in [1.29, 1.82) is 0 Å². The van der Waals surface area contributed by atoms with Gasteiger partial charge in [-0.1, -0.05) is 25.1 Å². The van der Waals surface area contributed by atoms with Crippen molar-refractivity contribution in [2.45, 2.75) is 39.8 Å². The fourth-order valence-electron chi connectivity index (χ4n) is 2.08. The van der Waals surface area contributed by atoms with Crippen LogP contribution in [0.25, 0.3) is 0 Å². The second-order valence-corrected chi connectivity index (χ2v) is 5.91. The standard InChI is InChI=1S/C15H18F2NS/c1-4-5-8-18-10(2)11(3)19-15(18)13-7-6-12(16)9-14(13)17/h6,9,14H,4-5,8H2,1-3H3/b15-13-. The van der Waals surface area contributed by atoms with E-state index in [2.05, 4.69) is 17.9 Å².